The molecule has 0 saturated heterocycles. The van der Waals surface area contributed by atoms with E-state index in [-0.39, 0.29) is 0 Å². The lowest BCUT2D eigenvalue weighted by molar-refractivity contribution is 0.459. The molecule has 0 radical (unpaired) electrons. The second-order valence-electron chi connectivity index (χ2n) is 6.32. The number of fused-ring (bicyclic) bond motifs is 1. The summed E-state index contributed by atoms with van der Waals surface area (Å²) in [5.41, 5.74) is 3.18. The van der Waals surface area contributed by atoms with Crippen molar-refractivity contribution in [1.82, 2.24) is 5.16 Å². The monoisotopic (exact) mass is 404 g/mol. The number of para-hydroxylation sites is 1. The van der Waals surface area contributed by atoms with Crippen molar-refractivity contribution in [3.05, 3.63) is 52.5 Å². The maximum atomic E-state index is 12.2. The Kier molecular flexibility index (Phi) is 4.69. The predicted molar refractivity (Wildman–Crippen MR) is 103 cm³/mol. The lowest BCUT2D eigenvalue weighted by atomic mass is 10.0. The first-order chi connectivity index (χ1) is 11.4. The molecule has 0 aliphatic rings. The summed E-state index contributed by atoms with van der Waals surface area (Å²) in [6.07, 6.45) is 1.64. The van der Waals surface area contributed by atoms with E-state index >= 15 is 0 Å². The molecular formula is C18H17BrN2O2S. The maximum Gasteiger partial charge on any atom is 0.167 e. The summed E-state index contributed by atoms with van der Waals surface area (Å²) >= 11 is 3.55. The van der Waals surface area contributed by atoms with Crippen molar-refractivity contribution in [3.63, 3.8) is 0 Å². The molecule has 3 aromatic rings. The van der Waals surface area contributed by atoms with Gasteiger partial charge in [-0.1, -0.05) is 45.4 Å². The third kappa shape index (κ3) is 3.35. The minimum atomic E-state index is -1.32. The Balaban J connectivity index is 2.12. The van der Waals surface area contributed by atoms with Crippen LogP contribution < -0.4 is 0 Å². The van der Waals surface area contributed by atoms with E-state index in [1.165, 1.54) is 0 Å². The Morgan fingerprint density at radius 3 is 2.67 bits per heavy atom. The summed E-state index contributed by atoms with van der Waals surface area (Å²) in [5, 5.41) is 5.14. The van der Waals surface area contributed by atoms with Crippen molar-refractivity contribution in [1.29, 1.82) is 0 Å². The van der Waals surface area contributed by atoms with Gasteiger partial charge in [0.25, 0.3) is 0 Å². The molecule has 124 valence electrons. The zero-order valence-corrected chi connectivity index (χ0v) is 16.0. The molecule has 0 amide bonds. The lowest BCUT2D eigenvalue weighted by Gasteiger charge is -2.13. The van der Waals surface area contributed by atoms with Crippen molar-refractivity contribution in [2.45, 2.75) is 25.5 Å². The second kappa shape index (κ2) is 6.61. The minimum absolute atomic E-state index is 0.404. The zero-order valence-electron chi connectivity index (χ0n) is 13.6. The minimum Gasteiger partial charge on any atom is -0.356 e. The molecule has 0 saturated carbocycles. The number of halogens is 1. The molecule has 1 atom stereocenters. The fraction of sp³-hybridized carbons (Fsp3) is 0.222. The number of rotatable bonds is 3. The fourth-order valence-electron chi connectivity index (χ4n) is 2.21. The van der Waals surface area contributed by atoms with E-state index in [1.54, 1.807) is 6.21 Å². The van der Waals surface area contributed by atoms with Gasteiger partial charge in [-0.3, -0.25) is 0 Å². The molecule has 3 rings (SSSR count). The summed E-state index contributed by atoms with van der Waals surface area (Å²) < 4.78 is 22.3. The van der Waals surface area contributed by atoms with Gasteiger partial charge in [-0.15, -0.1) is 0 Å². The van der Waals surface area contributed by atoms with E-state index in [0.717, 1.165) is 32.3 Å². The maximum absolute atomic E-state index is 12.2. The van der Waals surface area contributed by atoms with Gasteiger partial charge in [-0.25, -0.2) is 4.21 Å². The standard InChI is InChI=1S/C18H17BrN2O2S/c1-18(2,3)24(22)20-11-14-12(8-6-9-15(14)19)17-13-7-4-5-10-16(13)23-21-17/h4-11H,1-3H3/b20-11+/t24-/m0/s1. The lowest BCUT2D eigenvalue weighted by Crippen LogP contribution is -2.19. The Hall–Kier alpha value is -1.79. The van der Waals surface area contributed by atoms with Gasteiger partial charge < -0.3 is 4.52 Å². The average Bonchev–Trinajstić information content (AvgIpc) is 2.96. The fourth-order valence-corrected chi connectivity index (χ4v) is 3.20. The Labute approximate surface area is 151 Å². The molecule has 0 unspecified atom stereocenters. The topological polar surface area (TPSA) is 55.5 Å². The number of nitrogens with zero attached hydrogens (tertiary/aromatic N) is 2. The summed E-state index contributed by atoms with van der Waals surface area (Å²) in [5.74, 6) is 0. The van der Waals surface area contributed by atoms with Crippen molar-refractivity contribution in [2.24, 2.45) is 4.40 Å². The highest BCUT2D eigenvalue weighted by Crippen LogP contribution is 2.32. The zero-order chi connectivity index (χ0) is 17.3. The largest absolute Gasteiger partial charge is 0.356 e. The van der Waals surface area contributed by atoms with Crippen molar-refractivity contribution < 1.29 is 8.73 Å². The van der Waals surface area contributed by atoms with Crippen LogP contribution in [0.25, 0.3) is 22.2 Å². The van der Waals surface area contributed by atoms with Gasteiger partial charge in [0.2, 0.25) is 0 Å². The number of aromatic nitrogens is 1. The number of hydrogen-bond acceptors (Lipinski definition) is 3. The average molecular weight is 405 g/mol. The molecule has 0 aliphatic carbocycles. The van der Waals surface area contributed by atoms with Crippen LogP contribution in [-0.4, -0.2) is 20.3 Å². The second-order valence-corrected chi connectivity index (χ2v) is 9.11. The van der Waals surface area contributed by atoms with Gasteiger partial charge in [-0.05, 0) is 39.0 Å². The number of benzene rings is 2. The Morgan fingerprint density at radius 2 is 1.92 bits per heavy atom. The highest BCUT2D eigenvalue weighted by molar-refractivity contribution is 9.10. The first-order valence-corrected chi connectivity index (χ1v) is 9.37. The van der Waals surface area contributed by atoms with Gasteiger partial charge in [0.1, 0.15) is 16.7 Å². The smallest absolute Gasteiger partial charge is 0.167 e. The van der Waals surface area contributed by atoms with Crippen molar-refractivity contribution >= 4 is 44.1 Å². The molecule has 0 bridgehead atoms. The summed E-state index contributed by atoms with van der Waals surface area (Å²) in [4.78, 5) is 0. The molecule has 1 aromatic heterocycles. The van der Waals surface area contributed by atoms with E-state index in [9.17, 15) is 4.21 Å². The van der Waals surface area contributed by atoms with Gasteiger partial charge in [-0.2, -0.15) is 4.40 Å². The molecule has 2 aromatic carbocycles. The number of hydrogen-bond donors (Lipinski definition) is 0. The van der Waals surface area contributed by atoms with Gasteiger partial charge in [0, 0.05) is 27.2 Å². The summed E-state index contributed by atoms with van der Waals surface area (Å²) in [7, 11) is -1.32. The molecule has 1 heterocycles. The van der Waals surface area contributed by atoms with Crippen molar-refractivity contribution in [3.8, 4) is 11.3 Å². The van der Waals surface area contributed by atoms with Gasteiger partial charge in [0.15, 0.2) is 5.58 Å². The summed E-state index contributed by atoms with van der Waals surface area (Å²) in [6, 6.07) is 13.5. The SMILES string of the molecule is CC(C)(C)[S@](=O)/N=C/c1c(Br)cccc1-c1noc2ccccc12. The molecule has 0 aliphatic heterocycles. The molecule has 4 nitrogen and oxygen atoms in total. The molecule has 0 spiro atoms. The predicted octanol–water partition coefficient (Wildman–Crippen LogP) is 5.14. The van der Waals surface area contributed by atoms with Gasteiger partial charge >= 0.3 is 0 Å². The van der Waals surface area contributed by atoms with Crippen LogP contribution in [0.3, 0.4) is 0 Å². The molecule has 0 fully saturated rings. The van der Waals surface area contributed by atoms with Crippen LogP contribution in [0.2, 0.25) is 0 Å². The molecular weight excluding hydrogens is 388 g/mol. The normalized spacial score (nSPS) is 13.7. The Bertz CT molecular complexity index is 942. The highest BCUT2D eigenvalue weighted by atomic mass is 79.9. The quantitative estimate of drug-likeness (QED) is 0.567. The summed E-state index contributed by atoms with van der Waals surface area (Å²) in [6.45, 7) is 5.69. The van der Waals surface area contributed by atoms with Crippen LogP contribution in [-0.2, 0) is 11.0 Å². The third-order valence-corrected chi connectivity index (χ3v) is 5.52. The first-order valence-electron chi connectivity index (χ1n) is 7.47. The van der Waals surface area contributed by atoms with Gasteiger partial charge in [0.05, 0.1) is 4.75 Å². The van der Waals surface area contributed by atoms with Crippen molar-refractivity contribution in [2.75, 3.05) is 0 Å². The first kappa shape index (κ1) is 17.0. The van der Waals surface area contributed by atoms with Crippen LogP contribution in [0.4, 0.5) is 0 Å². The van der Waals surface area contributed by atoms with E-state index in [1.807, 2.05) is 63.2 Å². The van der Waals surface area contributed by atoms with E-state index in [0.29, 0.717) is 0 Å². The van der Waals surface area contributed by atoms with Crippen LogP contribution in [0.5, 0.6) is 0 Å². The van der Waals surface area contributed by atoms with Crippen LogP contribution in [0.15, 0.2) is 55.9 Å². The highest BCUT2D eigenvalue weighted by Gasteiger charge is 2.19. The van der Waals surface area contributed by atoms with E-state index in [4.69, 9.17) is 4.52 Å². The van der Waals surface area contributed by atoms with E-state index < -0.39 is 15.7 Å². The molecule has 0 N–H and O–H groups in total. The van der Waals surface area contributed by atoms with Crippen LogP contribution in [0, 0.1) is 0 Å². The van der Waals surface area contributed by atoms with E-state index in [2.05, 4.69) is 25.5 Å². The Morgan fingerprint density at radius 1 is 1.17 bits per heavy atom. The molecule has 24 heavy (non-hydrogen) atoms. The van der Waals surface area contributed by atoms with Crippen LogP contribution >= 0.6 is 15.9 Å². The molecule has 6 heteroatoms. The third-order valence-electron chi connectivity index (χ3n) is 3.49. The van der Waals surface area contributed by atoms with Crippen LogP contribution in [0.1, 0.15) is 26.3 Å².